The molecule has 2 heterocycles. The molecule has 1 N–H and O–H groups in total. The molecule has 1 saturated heterocycles. The largest absolute Gasteiger partial charge is 0.339 e. The van der Waals surface area contributed by atoms with Gasteiger partial charge < -0.3 is 10.2 Å². The van der Waals surface area contributed by atoms with Crippen molar-refractivity contribution >= 4 is 50.8 Å². The van der Waals surface area contributed by atoms with Crippen LogP contribution in [0.3, 0.4) is 0 Å². The molecule has 1 fully saturated rings. The van der Waals surface area contributed by atoms with Gasteiger partial charge in [0.1, 0.15) is 0 Å². The van der Waals surface area contributed by atoms with Crippen LogP contribution in [0.15, 0.2) is 46.8 Å². The van der Waals surface area contributed by atoms with Crippen molar-refractivity contribution in [3.8, 4) is 0 Å². The average molecular weight is 412 g/mol. The molecular formula is C21H21N3O2S2. The summed E-state index contributed by atoms with van der Waals surface area (Å²) in [4.78, 5) is 32.2. The number of piperidine rings is 1. The van der Waals surface area contributed by atoms with E-state index in [0.29, 0.717) is 16.8 Å². The molecule has 0 spiro atoms. The van der Waals surface area contributed by atoms with Crippen molar-refractivity contribution in [3.05, 3.63) is 53.6 Å². The zero-order chi connectivity index (χ0) is 19.5. The van der Waals surface area contributed by atoms with Crippen LogP contribution in [0, 0.1) is 0 Å². The number of thiazole rings is 1. The third-order valence-corrected chi connectivity index (χ3v) is 6.85. The second-order valence-electron chi connectivity index (χ2n) is 6.72. The molecule has 2 aromatic carbocycles. The van der Waals surface area contributed by atoms with Gasteiger partial charge in [-0.25, -0.2) is 4.98 Å². The van der Waals surface area contributed by atoms with Crippen molar-refractivity contribution in [2.45, 2.75) is 23.6 Å². The number of anilines is 1. The van der Waals surface area contributed by atoms with Gasteiger partial charge in [-0.05, 0) is 55.9 Å². The average Bonchev–Trinajstić information content (AvgIpc) is 3.16. The SMILES string of the molecule is CSc1nc2ccc(NC(=O)c3ccccc3C(=O)N3CCCCC3)cc2s1. The maximum Gasteiger partial charge on any atom is 0.256 e. The van der Waals surface area contributed by atoms with Gasteiger partial charge in [0, 0.05) is 18.8 Å². The van der Waals surface area contributed by atoms with E-state index in [2.05, 4.69) is 10.3 Å². The van der Waals surface area contributed by atoms with Crippen molar-refractivity contribution in [3.63, 3.8) is 0 Å². The number of nitrogens with zero attached hydrogens (tertiary/aromatic N) is 2. The minimum absolute atomic E-state index is 0.0621. The van der Waals surface area contributed by atoms with Crippen molar-refractivity contribution in [2.24, 2.45) is 0 Å². The van der Waals surface area contributed by atoms with Gasteiger partial charge in [-0.1, -0.05) is 23.9 Å². The molecular weight excluding hydrogens is 390 g/mol. The number of nitrogens with one attached hydrogen (secondary N) is 1. The fraction of sp³-hybridized carbons (Fsp3) is 0.286. The molecule has 0 saturated carbocycles. The number of aromatic nitrogens is 1. The number of thioether (sulfide) groups is 1. The number of carbonyl (C=O) groups is 2. The molecule has 0 aliphatic carbocycles. The first-order chi connectivity index (χ1) is 13.7. The zero-order valence-corrected chi connectivity index (χ0v) is 17.2. The lowest BCUT2D eigenvalue weighted by Crippen LogP contribution is -2.36. The quantitative estimate of drug-likeness (QED) is 0.621. The van der Waals surface area contributed by atoms with Gasteiger partial charge >= 0.3 is 0 Å². The van der Waals surface area contributed by atoms with Crippen molar-refractivity contribution in [1.29, 1.82) is 0 Å². The highest BCUT2D eigenvalue weighted by molar-refractivity contribution is 8.00. The molecule has 2 amide bonds. The fourth-order valence-corrected chi connectivity index (χ4v) is 4.93. The molecule has 0 bridgehead atoms. The Kier molecular flexibility index (Phi) is 5.64. The van der Waals surface area contributed by atoms with Gasteiger partial charge in [-0.2, -0.15) is 0 Å². The Morgan fingerprint density at radius 1 is 1.07 bits per heavy atom. The lowest BCUT2D eigenvalue weighted by atomic mass is 10.0. The number of fused-ring (bicyclic) bond motifs is 1. The second kappa shape index (κ2) is 8.32. The van der Waals surface area contributed by atoms with Crippen LogP contribution >= 0.6 is 23.1 Å². The Morgan fingerprint density at radius 2 is 1.82 bits per heavy atom. The van der Waals surface area contributed by atoms with Crippen molar-refractivity contribution in [1.82, 2.24) is 9.88 Å². The van der Waals surface area contributed by atoms with Crippen LogP contribution in [0.5, 0.6) is 0 Å². The number of carbonyl (C=O) groups excluding carboxylic acids is 2. The first-order valence-electron chi connectivity index (χ1n) is 9.30. The van der Waals surface area contributed by atoms with Crippen molar-refractivity contribution < 1.29 is 9.59 Å². The first-order valence-corrected chi connectivity index (χ1v) is 11.3. The molecule has 4 rings (SSSR count). The van der Waals surface area contributed by atoms with Crippen LogP contribution in [-0.2, 0) is 0 Å². The normalized spacial score (nSPS) is 14.2. The lowest BCUT2D eigenvalue weighted by molar-refractivity contribution is 0.0720. The number of amides is 2. The summed E-state index contributed by atoms with van der Waals surface area (Å²) in [5.74, 6) is -0.331. The molecule has 5 nitrogen and oxygen atoms in total. The molecule has 0 atom stereocenters. The van der Waals surface area contributed by atoms with E-state index in [1.165, 1.54) is 0 Å². The molecule has 28 heavy (non-hydrogen) atoms. The number of hydrogen-bond donors (Lipinski definition) is 1. The van der Waals surface area contributed by atoms with Gasteiger partial charge in [0.25, 0.3) is 11.8 Å². The third kappa shape index (κ3) is 3.91. The molecule has 3 aromatic rings. The predicted molar refractivity (Wildman–Crippen MR) is 116 cm³/mol. The Morgan fingerprint density at radius 3 is 2.57 bits per heavy atom. The van der Waals surface area contributed by atoms with E-state index in [1.54, 1.807) is 47.4 Å². The molecule has 1 aromatic heterocycles. The van der Waals surface area contributed by atoms with E-state index >= 15 is 0 Å². The summed E-state index contributed by atoms with van der Waals surface area (Å²) < 4.78 is 2.02. The summed E-state index contributed by atoms with van der Waals surface area (Å²) in [7, 11) is 0. The van der Waals surface area contributed by atoms with Crippen LogP contribution in [0.1, 0.15) is 40.0 Å². The van der Waals surface area contributed by atoms with Crippen LogP contribution in [0.2, 0.25) is 0 Å². The predicted octanol–water partition coefficient (Wildman–Crippen LogP) is 4.90. The molecule has 1 aliphatic rings. The van der Waals surface area contributed by atoms with Gasteiger partial charge in [-0.3, -0.25) is 9.59 Å². The highest BCUT2D eigenvalue weighted by atomic mass is 32.2. The number of hydrogen-bond acceptors (Lipinski definition) is 5. The van der Waals surface area contributed by atoms with Crippen molar-refractivity contribution in [2.75, 3.05) is 24.7 Å². The van der Waals surface area contributed by atoms with E-state index in [0.717, 1.165) is 46.9 Å². The van der Waals surface area contributed by atoms with Gasteiger partial charge in [0.05, 0.1) is 21.3 Å². The molecule has 1 aliphatic heterocycles. The molecule has 144 valence electrons. The summed E-state index contributed by atoms with van der Waals surface area (Å²) >= 11 is 3.21. The summed E-state index contributed by atoms with van der Waals surface area (Å²) in [6.45, 7) is 1.52. The minimum atomic E-state index is -0.269. The number of benzene rings is 2. The van der Waals surface area contributed by atoms with Gasteiger partial charge in [0.15, 0.2) is 4.34 Å². The maximum atomic E-state index is 12.9. The number of likely N-dealkylation sites (tertiary alicyclic amines) is 1. The van der Waals surface area contributed by atoms with E-state index in [-0.39, 0.29) is 11.8 Å². The zero-order valence-electron chi connectivity index (χ0n) is 15.6. The molecule has 7 heteroatoms. The minimum Gasteiger partial charge on any atom is -0.339 e. The van der Waals surface area contributed by atoms with Crippen LogP contribution in [0.25, 0.3) is 10.2 Å². The molecule has 0 radical (unpaired) electrons. The van der Waals surface area contributed by atoms with Crippen LogP contribution in [0.4, 0.5) is 5.69 Å². The second-order valence-corrected chi connectivity index (χ2v) is 8.80. The summed E-state index contributed by atoms with van der Waals surface area (Å²) in [6.07, 6.45) is 5.20. The van der Waals surface area contributed by atoms with Crippen LogP contribution in [-0.4, -0.2) is 41.0 Å². The van der Waals surface area contributed by atoms with Gasteiger partial charge in [-0.15, -0.1) is 11.3 Å². The summed E-state index contributed by atoms with van der Waals surface area (Å²) in [6, 6.07) is 12.7. The topological polar surface area (TPSA) is 62.3 Å². The Labute approximate surface area is 172 Å². The van der Waals surface area contributed by atoms with E-state index in [4.69, 9.17) is 0 Å². The maximum absolute atomic E-state index is 12.9. The lowest BCUT2D eigenvalue weighted by Gasteiger charge is -2.27. The smallest absolute Gasteiger partial charge is 0.256 e. The van der Waals surface area contributed by atoms with Gasteiger partial charge in [0.2, 0.25) is 0 Å². The van der Waals surface area contributed by atoms with E-state index in [1.807, 2.05) is 29.4 Å². The third-order valence-electron chi connectivity index (χ3n) is 4.85. The Bertz CT molecular complexity index is 1030. The summed E-state index contributed by atoms with van der Waals surface area (Å²) in [5, 5.41) is 2.94. The highest BCUT2D eigenvalue weighted by Crippen LogP contribution is 2.30. The molecule has 0 unspecified atom stereocenters. The monoisotopic (exact) mass is 411 g/mol. The van der Waals surface area contributed by atoms with E-state index < -0.39 is 0 Å². The Balaban J connectivity index is 1.57. The highest BCUT2D eigenvalue weighted by Gasteiger charge is 2.23. The summed E-state index contributed by atoms with van der Waals surface area (Å²) in [5.41, 5.74) is 2.50. The van der Waals surface area contributed by atoms with E-state index in [9.17, 15) is 9.59 Å². The number of rotatable bonds is 4. The fourth-order valence-electron chi connectivity index (χ4n) is 3.40. The Hall–Kier alpha value is -2.38. The van der Waals surface area contributed by atoms with Crippen LogP contribution < -0.4 is 5.32 Å². The standard InChI is InChI=1S/C21H21N3O2S2/c1-27-21-23-17-10-9-14(13-18(17)28-21)22-19(25)15-7-3-4-8-16(15)20(26)24-11-5-2-6-12-24/h3-4,7-10,13H,2,5-6,11-12H2,1H3,(H,22,25). The first kappa shape index (κ1) is 19.0.